The van der Waals surface area contributed by atoms with E-state index in [2.05, 4.69) is 43.3 Å². The number of hydrazone groups is 1. The Morgan fingerprint density at radius 1 is 1.05 bits per heavy atom. The summed E-state index contributed by atoms with van der Waals surface area (Å²) in [5, 5.41) is 10.3. The second kappa shape index (κ2) is 11.9. The van der Waals surface area contributed by atoms with E-state index < -0.39 is 5.91 Å². The van der Waals surface area contributed by atoms with E-state index in [-0.39, 0.29) is 11.6 Å². The predicted molar refractivity (Wildman–Crippen MR) is 159 cm³/mol. The van der Waals surface area contributed by atoms with E-state index >= 15 is 0 Å². The van der Waals surface area contributed by atoms with E-state index in [9.17, 15) is 9.59 Å². The van der Waals surface area contributed by atoms with Crippen LogP contribution in [0.5, 0.6) is 0 Å². The van der Waals surface area contributed by atoms with E-state index in [0.717, 1.165) is 45.8 Å². The van der Waals surface area contributed by atoms with Gasteiger partial charge in [-0.2, -0.15) is 5.10 Å². The van der Waals surface area contributed by atoms with Crippen LogP contribution in [0.2, 0.25) is 5.02 Å². The summed E-state index contributed by atoms with van der Waals surface area (Å²) in [6, 6.07) is 20.9. The fourth-order valence-corrected chi connectivity index (χ4v) is 5.34. The van der Waals surface area contributed by atoms with Crippen LogP contribution in [0.4, 0.5) is 11.4 Å². The molecule has 3 aromatic rings. The van der Waals surface area contributed by atoms with Crippen LogP contribution in [0, 0.1) is 0 Å². The Labute approximate surface area is 232 Å². The number of thioether (sulfide) groups is 1. The number of rotatable bonds is 8. The molecule has 0 saturated carbocycles. The lowest BCUT2D eigenvalue weighted by Crippen LogP contribution is -2.27. The largest absolute Gasteiger partial charge is 0.365 e. The summed E-state index contributed by atoms with van der Waals surface area (Å²) in [5.41, 5.74) is 11.7. The quantitative estimate of drug-likeness (QED) is 0.178. The molecule has 0 aromatic heterocycles. The minimum atomic E-state index is -0.586. The summed E-state index contributed by atoms with van der Waals surface area (Å²) in [5.74, 6) is -0.872. The molecular weight excluding hydrogens is 516 g/mol. The number of halogens is 1. The monoisotopic (exact) mass is 546 g/mol. The third-order valence-electron chi connectivity index (χ3n) is 6.19. The van der Waals surface area contributed by atoms with E-state index in [1.165, 1.54) is 0 Å². The van der Waals surface area contributed by atoms with E-state index in [0.29, 0.717) is 21.5 Å². The lowest BCUT2D eigenvalue weighted by Gasteiger charge is -2.30. The average molecular weight is 547 g/mol. The van der Waals surface area contributed by atoms with Crippen molar-refractivity contribution < 1.29 is 9.59 Å². The summed E-state index contributed by atoms with van der Waals surface area (Å²) in [6.07, 6.45) is 1.70. The molecule has 1 aliphatic carbocycles. The molecule has 0 aliphatic heterocycles. The maximum atomic E-state index is 12.9. The zero-order chi connectivity index (χ0) is 27.4. The molecule has 0 spiro atoms. The summed E-state index contributed by atoms with van der Waals surface area (Å²) in [6.45, 7) is 7.98. The Morgan fingerprint density at radius 2 is 1.76 bits per heavy atom. The highest BCUT2D eigenvalue weighted by molar-refractivity contribution is 7.99. The molecule has 3 N–H and O–H groups in total. The molecule has 0 radical (unpaired) electrons. The molecule has 196 valence electrons. The number of allylic oxidation sites excluding steroid dienone is 1. The van der Waals surface area contributed by atoms with Crippen molar-refractivity contribution in [3.05, 3.63) is 94.0 Å². The Balaban J connectivity index is 1.76. The molecule has 0 unspecified atom stereocenters. The number of fused-ring (bicyclic) bond motifs is 1. The minimum absolute atomic E-state index is 0.196. The van der Waals surface area contributed by atoms with Crippen molar-refractivity contribution in [3.63, 3.8) is 0 Å². The van der Waals surface area contributed by atoms with Gasteiger partial charge in [-0.25, -0.2) is 5.01 Å². The van der Waals surface area contributed by atoms with Gasteiger partial charge in [-0.1, -0.05) is 43.6 Å². The van der Waals surface area contributed by atoms with E-state index in [1.54, 1.807) is 48.0 Å². The second-order valence-electron chi connectivity index (χ2n) is 9.46. The molecule has 4 rings (SSSR count). The SMILES string of the molecule is CC1=C(N(/N=C(\C)C(N)=O)c2ccc(SC(C)C)cc2)c2cc(NC(=O)c3ccccc3Cl)ccc2CC1. The fraction of sp³-hybridized carbons (Fsp3) is 0.233. The number of carbonyl (C=O) groups excluding carboxylic acids is 2. The Bertz CT molecular complexity index is 1430. The van der Waals surface area contributed by atoms with Gasteiger partial charge in [-0.3, -0.25) is 9.59 Å². The van der Waals surface area contributed by atoms with E-state index in [1.807, 2.05) is 30.3 Å². The number of primary amides is 1. The number of anilines is 2. The number of benzene rings is 3. The number of nitrogens with one attached hydrogen (secondary N) is 1. The van der Waals surface area contributed by atoms with E-state index in [4.69, 9.17) is 17.3 Å². The van der Waals surface area contributed by atoms with Gasteiger partial charge < -0.3 is 11.1 Å². The van der Waals surface area contributed by atoms with Crippen molar-refractivity contribution in [2.24, 2.45) is 10.8 Å². The first-order chi connectivity index (χ1) is 18.1. The first kappa shape index (κ1) is 27.5. The number of aryl methyl sites for hydroxylation is 1. The second-order valence-corrected chi connectivity index (χ2v) is 11.5. The topological polar surface area (TPSA) is 87.8 Å². The standard InChI is InChI=1S/C30H31ClN4O2S/c1-18(2)38-24-15-13-23(14-16-24)35(34-20(4)29(32)36)28-19(3)9-10-21-11-12-22(17-26(21)28)33-30(37)25-7-5-6-8-27(25)31/h5-8,11-18H,9-10H2,1-4H3,(H2,32,36)(H,33,37)/b34-20+. The first-order valence-electron chi connectivity index (χ1n) is 12.4. The highest BCUT2D eigenvalue weighted by Crippen LogP contribution is 2.39. The molecule has 0 heterocycles. The Hall–Kier alpha value is -3.55. The fourth-order valence-electron chi connectivity index (χ4n) is 4.28. The van der Waals surface area contributed by atoms with Crippen LogP contribution in [0.15, 0.2) is 82.3 Å². The Kier molecular flexibility index (Phi) is 8.59. The van der Waals surface area contributed by atoms with Crippen molar-refractivity contribution in [1.82, 2.24) is 0 Å². The predicted octanol–water partition coefficient (Wildman–Crippen LogP) is 7.14. The number of hydrogen-bond acceptors (Lipinski definition) is 5. The molecule has 2 amide bonds. The van der Waals surface area contributed by atoms with Crippen molar-refractivity contribution >= 4 is 58.0 Å². The third kappa shape index (κ3) is 6.29. The van der Waals surface area contributed by atoms with Gasteiger partial charge in [0.2, 0.25) is 0 Å². The molecule has 8 heteroatoms. The highest BCUT2D eigenvalue weighted by Gasteiger charge is 2.25. The van der Waals surface area contributed by atoms with Crippen LogP contribution in [0.25, 0.3) is 5.70 Å². The molecule has 0 saturated heterocycles. The van der Waals surface area contributed by atoms with Crippen molar-refractivity contribution in [2.45, 2.75) is 50.7 Å². The lowest BCUT2D eigenvalue weighted by molar-refractivity contribution is -0.112. The van der Waals surface area contributed by atoms with Crippen LogP contribution in [0.1, 0.15) is 55.6 Å². The maximum Gasteiger partial charge on any atom is 0.264 e. The van der Waals surface area contributed by atoms with Gasteiger partial charge in [0.25, 0.3) is 11.8 Å². The summed E-state index contributed by atoms with van der Waals surface area (Å²) in [4.78, 5) is 26.1. The van der Waals surface area contributed by atoms with Crippen LogP contribution in [-0.2, 0) is 11.2 Å². The molecule has 1 aliphatic rings. The van der Waals surface area contributed by atoms with Crippen LogP contribution in [-0.4, -0.2) is 22.8 Å². The highest BCUT2D eigenvalue weighted by atomic mass is 35.5. The smallest absolute Gasteiger partial charge is 0.264 e. The number of carbonyl (C=O) groups is 2. The molecule has 3 aromatic carbocycles. The molecule has 0 bridgehead atoms. The maximum absolute atomic E-state index is 12.9. The zero-order valence-corrected chi connectivity index (χ0v) is 23.5. The molecule has 0 atom stereocenters. The minimum Gasteiger partial charge on any atom is -0.365 e. The number of hydrogen-bond donors (Lipinski definition) is 2. The van der Waals surface area contributed by atoms with Gasteiger partial charge in [0.05, 0.1) is 22.0 Å². The van der Waals surface area contributed by atoms with Gasteiger partial charge >= 0.3 is 0 Å². The van der Waals surface area contributed by atoms with Gasteiger partial charge in [0, 0.05) is 21.4 Å². The molecule has 6 nitrogen and oxygen atoms in total. The average Bonchev–Trinajstić information content (AvgIpc) is 2.88. The zero-order valence-electron chi connectivity index (χ0n) is 21.9. The van der Waals surface area contributed by atoms with Crippen LogP contribution >= 0.6 is 23.4 Å². The van der Waals surface area contributed by atoms with Gasteiger partial charge in [0.1, 0.15) is 5.71 Å². The molecular formula is C30H31ClN4O2S. The van der Waals surface area contributed by atoms with Crippen molar-refractivity contribution in [2.75, 3.05) is 10.3 Å². The summed E-state index contributed by atoms with van der Waals surface area (Å²) < 4.78 is 0. The van der Waals surface area contributed by atoms with Gasteiger partial charge in [-0.05, 0) is 86.4 Å². The summed E-state index contributed by atoms with van der Waals surface area (Å²) in [7, 11) is 0. The lowest BCUT2D eigenvalue weighted by atomic mass is 9.89. The molecule has 0 fully saturated rings. The third-order valence-corrected chi connectivity index (χ3v) is 7.53. The number of nitrogens with two attached hydrogens (primary N) is 1. The van der Waals surface area contributed by atoms with Crippen LogP contribution < -0.4 is 16.1 Å². The molecule has 38 heavy (non-hydrogen) atoms. The number of amides is 2. The Morgan fingerprint density at radius 3 is 2.42 bits per heavy atom. The van der Waals surface area contributed by atoms with Crippen LogP contribution in [0.3, 0.4) is 0 Å². The first-order valence-corrected chi connectivity index (χ1v) is 13.7. The summed E-state index contributed by atoms with van der Waals surface area (Å²) >= 11 is 8.02. The normalized spacial score (nSPS) is 13.4. The number of nitrogens with zero attached hydrogens (tertiary/aromatic N) is 2. The van der Waals surface area contributed by atoms with Gasteiger partial charge in [0.15, 0.2) is 0 Å². The van der Waals surface area contributed by atoms with Gasteiger partial charge in [-0.15, -0.1) is 11.8 Å². The van der Waals surface area contributed by atoms with Crippen molar-refractivity contribution in [1.29, 1.82) is 0 Å². The van der Waals surface area contributed by atoms with Crippen molar-refractivity contribution in [3.8, 4) is 0 Å².